The Morgan fingerprint density at radius 3 is 2.59 bits per heavy atom. The Bertz CT molecular complexity index is 415. The van der Waals surface area contributed by atoms with Crippen molar-refractivity contribution in [3.63, 3.8) is 0 Å². The lowest BCUT2D eigenvalue weighted by Gasteiger charge is -2.45. The van der Waals surface area contributed by atoms with Crippen LogP contribution in [0.3, 0.4) is 0 Å². The van der Waals surface area contributed by atoms with Crippen molar-refractivity contribution in [2.45, 2.75) is 58.3 Å². The van der Waals surface area contributed by atoms with Gasteiger partial charge in [0, 0.05) is 44.1 Å². The van der Waals surface area contributed by atoms with E-state index in [0.29, 0.717) is 19.5 Å². The largest absolute Gasteiger partial charge is 0.373 e. The molecular weight excluding hydrogens is 282 g/mol. The van der Waals surface area contributed by atoms with Crippen LogP contribution >= 0.6 is 0 Å². The van der Waals surface area contributed by atoms with Gasteiger partial charge in [0.25, 0.3) is 0 Å². The highest BCUT2D eigenvalue weighted by atomic mass is 16.5. The quantitative estimate of drug-likeness (QED) is 0.794. The molecule has 2 heterocycles. The lowest BCUT2D eigenvalue weighted by Crippen LogP contribution is -2.59. The number of hydrogen-bond acceptors (Lipinski definition) is 4. The van der Waals surface area contributed by atoms with Gasteiger partial charge in [-0.15, -0.1) is 0 Å². The zero-order chi connectivity index (χ0) is 16.3. The van der Waals surface area contributed by atoms with Gasteiger partial charge in [-0.3, -0.25) is 14.5 Å². The van der Waals surface area contributed by atoms with Crippen LogP contribution in [0.2, 0.25) is 0 Å². The second kappa shape index (κ2) is 6.96. The molecule has 3 atom stereocenters. The third-order valence-corrected chi connectivity index (χ3v) is 4.59. The minimum Gasteiger partial charge on any atom is -0.373 e. The van der Waals surface area contributed by atoms with Gasteiger partial charge in [0.2, 0.25) is 11.8 Å². The molecule has 0 radical (unpaired) electrons. The molecule has 2 N–H and O–H groups in total. The number of amides is 2. The van der Waals surface area contributed by atoms with Gasteiger partial charge in [-0.05, 0) is 34.1 Å². The first-order valence-corrected chi connectivity index (χ1v) is 8.23. The predicted octanol–water partition coefficient (Wildman–Crippen LogP) is 0.517. The van der Waals surface area contributed by atoms with Crippen molar-refractivity contribution in [3.05, 3.63) is 0 Å². The molecule has 2 aliphatic heterocycles. The maximum absolute atomic E-state index is 12.3. The van der Waals surface area contributed by atoms with Crippen molar-refractivity contribution in [1.82, 2.24) is 15.5 Å². The number of nitrogens with one attached hydrogen (secondary N) is 2. The molecule has 0 aromatic carbocycles. The first kappa shape index (κ1) is 17.2. The monoisotopic (exact) mass is 311 g/mol. The Morgan fingerprint density at radius 2 is 2.00 bits per heavy atom. The molecule has 22 heavy (non-hydrogen) atoms. The number of ether oxygens (including phenoxy) is 1. The third-order valence-electron chi connectivity index (χ3n) is 4.59. The third kappa shape index (κ3) is 4.43. The summed E-state index contributed by atoms with van der Waals surface area (Å²) in [5.41, 5.74) is -0.126. The van der Waals surface area contributed by atoms with Crippen molar-refractivity contribution >= 4 is 11.8 Å². The average Bonchev–Trinajstić information content (AvgIpc) is 2.44. The highest BCUT2D eigenvalue weighted by Gasteiger charge is 2.34. The van der Waals surface area contributed by atoms with E-state index in [2.05, 4.69) is 43.2 Å². The molecule has 2 fully saturated rings. The van der Waals surface area contributed by atoms with Crippen LogP contribution in [0.1, 0.15) is 40.5 Å². The van der Waals surface area contributed by atoms with Crippen LogP contribution in [0, 0.1) is 5.92 Å². The average molecular weight is 311 g/mol. The van der Waals surface area contributed by atoms with Crippen molar-refractivity contribution in [1.29, 1.82) is 0 Å². The second-order valence-electron chi connectivity index (χ2n) is 7.23. The summed E-state index contributed by atoms with van der Waals surface area (Å²) in [6.45, 7) is 11.4. The number of carbonyl (C=O) groups excluding carboxylic acids is 2. The van der Waals surface area contributed by atoms with E-state index in [4.69, 9.17) is 4.74 Å². The van der Waals surface area contributed by atoms with Crippen LogP contribution in [-0.4, -0.2) is 60.6 Å². The van der Waals surface area contributed by atoms with Gasteiger partial charge in [-0.25, -0.2) is 0 Å². The zero-order valence-electron chi connectivity index (χ0n) is 14.1. The van der Waals surface area contributed by atoms with Crippen LogP contribution < -0.4 is 10.6 Å². The topological polar surface area (TPSA) is 70.7 Å². The number of hydrogen-bond donors (Lipinski definition) is 2. The van der Waals surface area contributed by atoms with Gasteiger partial charge in [0.15, 0.2) is 0 Å². The van der Waals surface area contributed by atoms with Crippen LogP contribution in [0.15, 0.2) is 0 Å². The molecule has 2 aliphatic rings. The molecule has 0 aromatic rings. The molecule has 0 spiro atoms. The summed E-state index contributed by atoms with van der Waals surface area (Å²) < 4.78 is 5.77. The van der Waals surface area contributed by atoms with E-state index in [-0.39, 0.29) is 35.5 Å². The normalized spacial score (nSPS) is 30.7. The lowest BCUT2D eigenvalue weighted by atomic mass is 9.95. The Hall–Kier alpha value is -1.14. The molecule has 6 nitrogen and oxygen atoms in total. The first-order chi connectivity index (χ1) is 10.3. The minimum absolute atomic E-state index is 0.00252. The summed E-state index contributed by atoms with van der Waals surface area (Å²) in [5, 5.41) is 5.80. The molecule has 6 heteroatoms. The highest BCUT2D eigenvalue weighted by molar-refractivity contribution is 5.86. The van der Waals surface area contributed by atoms with Gasteiger partial charge < -0.3 is 15.4 Å². The van der Waals surface area contributed by atoms with Gasteiger partial charge in [0.1, 0.15) is 0 Å². The second-order valence-corrected chi connectivity index (χ2v) is 7.23. The summed E-state index contributed by atoms with van der Waals surface area (Å²) in [7, 11) is 0. The predicted molar refractivity (Wildman–Crippen MR) is 84.4 cm³/mol. The Kier molecular flexibility index (Phi) is 5.45. The van der Waals surface area contributed by atoms with Crippen LogP contribution in [-0.2, 0) is 14.3 Å². The molecule has 2 saturated heterocycles. The minimum atomic E-state index is -0.188. The maximum Gasteiger partial charge on any atom is 0.223 e. The first-order valence-electron chi connectivity index (χ1n) is 8.23. The number of nitrogens with zero attached hydrogens (tertiary/aromatic N) is 1. The molecule has 126 valence electrons. The molecular formula is C16H29N3O3. The van der Waals surface area contributed by atoms with Crippen molar-refractivity contribution in [2.24, 2.45) is 5.92 Å². The Labute approximate surface area is 132 Å². The summed E-state index contributed by atoms with van der Waals surface area (Å²) in [6, 6.07) is 0. The van der Waals surface area contributed by atoms with E-state index >= 15 is 0 Å². The van der Waals surface area contributed by atoms with E-state index in [1.807, 2.05) is 0 Å². The molecule has 0 unspecified atom stereocenters. The Morgan fingerprint density at radius 1 is 1.36 bits per heavy atom. The van der Waals surface area contributed by atoms with E-state index in [9.17, 15) is 9.59 Å². The molecule has 0 bridgehead atoms. The van der Waals surface area contributed by atoms with E-state index in [1.165, 1.54) is 0 Å². The number of rotatable bonds is 4. The van der Waals surface area contributed by atoms with Gasteiger partial charge >= 0.3 is 0 Å². The summed E-state index contributed by atoms with van der Waals surface area (Å²) in [5.74, 6) is -0.217. The van der Waals surface area contributed by atoms with Gasteiger partial charge in [-0.1, -0.05) is 0 Å². The van der Waals surface area contributed by atoms with Crippen LogP contribution in [0.25, 0.3) is 0 Å². The SMILES string of the molecule is C[C@@H]1CN(C(C)(C)CNC(=O)[C@H]2CCNC(=O)C2)C[C@@H](C)O1. The van der Waals surface area contributed by atoms with Crippen molar-refractivity contribution < 1.29 is 14.3 Å². The zero-order valence-corrected chi connectivity index (χ0v) is 14.1. The van der Waals surface area contributed by atoms with Crippen LogP contribution in [0.5, 0.6) is 0 Å². The van der Waals surface area contributed by atoms with Crippen LogP contribution in [0.4, 0.5) is 0 Å². The van der Waals surface area contributed by atoms with Gasteiger partial charge in [-0.2, -0.15) is 0 Å². The molecule has 0 saturated carbocycles. The van der Waals surface area contributed by atoms with Gasteiger partial charge in [0.05, 0.1) is 12.2 Å². The fourth-order valence-electron chi connectivity index (χ4n) is 3.24. The van der Waals surface area contributed by atoms with E-state index in [1.54, 1.807) is 0 Å². The molecule has 2 amide bonds. The highest BCUT2D eigenvalue weighted by Crippen LogP contribution is 2.21. The molecule has 0 aliphatic carbocycles. The molecule has 2 rings (SSSR count). The summed E-state index contributed by atoms with van der Waals surface area (Å²) in [4.78, 5) is 26.0. The standard InChI is InChI=1S/C16H29N3O3/c1-11-8-19(9-12(2)22-11)16(3,4)10-18-15(21)13-5-6-17-14(20)7-13/h11-13H,5-10H2,1-4H3,(H,17,20)(H,18,21)/t11-,12-,13+/m1/s1. The summed E-state index contributed by atoms with van der Waals surface area (Å²) in [6.07, 6.45) is 1.45. The van der Waals surface area contributed by atoms with E-state index in [0.717, 1.165) is 19.5 Å². The smallest absolute Gasteiger partial charge is 0.223 e. The number of morpholine rings is 1. The summed E-state index contributed by atoms with van der Waals surface area (Å²) >= 11 is 0. The maximum atomic E-state index is 12.3. The Balaban J connectivity index is 1.86. The molecule has 0 aromatic heterocycles. The number of carbonyl (C=O) groups is 2. The number of piperidine rings is 1. The lowest BCUT2D eigenvalue weighted by molar-refractivity contribution is -0.133. The fraction of sp³-hybridized carbons (Fsp3) is 0.875. The van der Waals surface area contributed by atoms with Crippen molar-refractivity contribution in [3.8, 4) is 0 Å². The van der Waals surface area contributed by atoms with Crippen molar-refractivity contribution in [2.75, 3.05) is 26.2 Å². The van der Waals surface area contributed by atoms with E-state index < -0.39 is 0 Å². The fourth-order valence-corrected chi connectivity index (χ4v) is 3.24.